The number of hydrogen-bond acceptors (Lipinski definition) is 6. The van der Waals surface area contributed by atoms with E-state index in [1.54, 1.807) is 17.5 Å². The van der Waals surface area contributed by atoms with Crippen molar-refractivity contribution in [3.63, 3.8) is 0 Å². The zero-order chi connectivity index (χ0) is 23.3. The van der Waals surface area contributed by atoms with Crippen LogP contribution in [0.3, 0.4) is 0 Å². The van der Waals surface area contributed by atoms with Gasteiger partial charge < -0.3 is 15.7 Å². The van der Waals surface area contributed by atoms with Crippen molar-refractivity contribution in [3.8, 4) is 10.6 Å². The number of amides is 2. The second-order valence-corrected chi connectivity index (χ2v) is 10.1. The highest BCUT2D eigenvalue weighted by molar-refractivity contribution is 7.81. The summed E-state index contributed by atoms with van der Waals surface area (Å²) in [4.78, 5) is 43.1. The molecule has 0 aromatic carbocycles. The van der Waals surface area contributed by atoms with Crippen LogP contribution in [-0.2, 0) is 20.8 Å². The highest BCUT2D eigenvalue weighted by Gasteiger charge is 2.44. The van der Waals surface area contributed by atoms with Crippen molar-refractivity contribution in [1.82, 2.24) is 15.6 Å². The van der Waals surface area contributed by atoms with Gasteiger partial charge in [0.1, 0.15) is 11.6 Å². The first-order valence-electron chi connectivity index (χ1n) is 10.7. The number of nitrogens with one attached hydrogen (secondary N) is 2. The van der Waals surface area contributed by atoms with E-state index in [0.717, 1.165) is 23.4 Å². The van der Waals surface area contributed by atoms with Crippen molar-refractivity contribution in [2.24, 2.45) is 5.92 Å². The van der Waals surface area contributed by atoms with E-state index in [4.69, 9.17) is 0 Å². The van der Waals surface area contributed by atoms with Gasteiger partial charge >= 0.3 is 5.97 Å². The van der Waals surface area contributed by atoms with Gasteiger partial charge in [-0.25, -0.2) is 4.79 Å². The molecule has 3 N–H and O–H groups in total. The summed E-state index contributed by atoms with van der Waals surface area (Å²) in [6.07, 6.45) is 4.28. The Labute approximate surface area is 197 Å². The van der Waals surface area contributed by atoms with Crippen LogP contribution in [0.2, 0.25) is 0 Å². The van der Waals surface area contributed by atoms with E-state index < -0.39 is 28.7 Å². The molecule has 0 spiro atoms. The van der Waals surface area contributed by atoms with Crippen LogP contribution in [0, 0.1) is 5.92 Å². The fraction of sp³-hybridized carbons (Fsp3) is 0.478. The molecule has 0 radical (unpaired) electrons. The zero-order valence-corrected chi connectivity index (χ0v) is 19.9. The Balaban J connectivity index is 1.70. The zero-order valence-electron chi connectivity index (χ0n) is 18.2. The third kappa shape index (κ3) is 5.69. The quantitative estimate of drug-likeness (QED) is 0.416. The molecule has 1 aliphatic carbocycles. The van der Waals surface area contributed by atoms with Crippen LogP contribution in [-0.4, -0.2) is 44.7 Å². The molecule has 2 atom stereocenters. The average molecular weight is 476 g/mol. The minimum Gasteiger partial charge on any atom is -0.480 e. The average Bonchev–Trinajstić information content (AvgIpc) is 3.46. The molecule has 0 aliphatic heterocycles. The Morgan fingerprint density at radius 3 is 2.47 bits per heavy atom. The summed E-state index contributed by atoms with van der Waals surface area (Å²) in [6, 6.07) is 6.46. The van der Waals surface area contributed by atoms with E-state index in [2.05, 4.69) is 28.2 Å². The number of rotatable bonds is 9. The van der Waals surface area contributed by atoms with Gasteiger partial charge in [-0.2, -0.15) is 12.6 Å². The minimum absolute atomic E-state index is 0.0104. The lowest BCUT2D eigenvalue weighted by Crippen LogP contribution is -2.61. The summed E-state index contributed by atoms with van der Waals surface area (Å²) in [6.45, 7) is 3.77. The summed E-state index contributed by atoms with van der Waals surface area (Å²) in [5, 5.41) is 16.7. The molecule has 2 amide bonds. The Morgan fingerprint density at radius 2 is 1.94 bits per heavy atom. The number of carbonyl (C=O) groups is 3. The summed E-state index contributed by atoms with van der Waals surface area (Å²) < 4.78 is 0. The van der Waals surface area contributed by atoms with Crippen LogP contribution in [0.25, 0.3) is 10.6 Å². The Kier molecular flexibility index (Phi) is 7.95. The van der Waals surface area contributed by atoms with Gasteiger partial charge in [0.05, 0.1) is 15.8 Å². The molecule has 1 aliphatic rings. The van der Waals surface area contributed by atoms with Crippen molar-refractivity contribution in [3.05, 3.63) is 41.4 Å². The number of thiophene rings is 1. The molecule has 32 heavy (non-hydrogen) atoms. The predicted molar refractivity (Wildman–Crippen MR) is 128 cm³/mol. The van der Waals surface area contributed by atoms with Gasteiger partial charge in [-0.05, 0) is 41.8 Å². The van der Waals surface area contributed by atoms with Crippen LogP contribution in [0.1, 0.15) is 45.1 Å². The molecular weight excluding hydrogens is 446 g/mol. The Bertz CT molecular complexity index is 939. The van der Waals surface area contributed by atoms with Gasteiger partial charge in [0.2, 0.25) is 11.8 Å². The number of carboxylic acid groups (broad SMARTS) is 1. The van der Waals surface area contributed by atoms with Crippen molar-refractivity contribution < 1.29 is 19.5 Å². The van der Waals surface area contributed by atoms with E-state index >= 15 is 0 Å². The molecule has 1 saturated carbocycles. The molecule has 7 nitrogen and oxygen atoms in total. The fourth-order valence-corrected chi connectivity index (χ4v) is 4.61. The molecule has 2 heterocycles. The van der Waals surface area contributed by atoms with Crippen molar-refractivity contribution in [2.75, 3.05) is 0 Å². The standard InChI is InChI=1S/C23H29N3O4S2/c1-14(2)19(31)20(27)26-23(9-3-4-10-23)22(30)25-17(21(28)29)12-15-7-8-16(24-13-15)18-6-5-11-32-18/h5-8,11,13-14,17,19,31H,3-4,9-10,12H2,1-2H3,(H,25,30)(H,26,27)(H,28,29)/t17-,19-/m0/s1. The predicted octanol–water partition coefficient (Wildman–Crippen LogP) is 3.31. The number of carbonyl (C=O) groups excluding carboxylic acids is 2. The van der Waals surface area contributed by atoms with Crippen LogP contribution in [0.5, 0.6) is 0 Å². The van der Waals surface area contributed by atoms with Crippen LogP contribution < -0.4 is 10.6 Å². The third-order valence-electron chi connectivity index (χ3n) is 5.80. The van der Waals surface area contributed by atoms with Crippen molar-refractivity contribution in [2.45, 2.75) is 62.8 Å². The topological polar surface area (TPSA) is 108 Å². The van der Waals surface area contributed by atoms with E-state index in [9.17, 15) is 19.5 Å². The second-order valence-electron chi connectivity index (χ2n) is 8.56. The number of nitrogens with zero attached hydrogens (tertiary/aromatic N) is 1. The van der Waals surface area contributed by atoms with Gasteiger partial charge in [-0.3, -0.25) is 14.6 Å². The molecule has 3 rings (SSSR count). The molecule has 172 valence electrons. The van der Waals surface area contributed by atoms with E-state index in [0.29, 0.717) is 18.4 Å². The molecule has 0 unspecified atom stereocenters. The van der Waals surface area contributed by atoms with Crippen LogP contribution in [0.4, 0.5) is 0 Å². The lowest BCUT2D eigenvalue weighted by Gasteiger charge is -2.32. The first-order chi connectivity index (χ1) is 15.2. The number of hydrogen-bond donors (Lipinski definition) is 4. The number of aromatic nitrogens is 1. The smallest absolute Gasteiger partial charge is 0.326 e. The number of aliphatic carboxylic acids is 1. The maximum Gasteiger partial charge on any atom is 0.326 e. The lowest BCUT2D eigenvalue weighted by atomic mass is 9.94. The number of pyridine rings is 1. The highest BCUT2D eigenvalue weighted by atomic mass is 32.1. The van der Waals surface area contributed by atoms with Crippen molar-refractivity contribution >= 4 is 41.7 Å². The second kappa shape index (κ2) is 10.5. The molecule has 0 saturated heterocycles. The molecular formula is C23H29N3O4S2. The molecule has 2 aromatic heterocycles. The van der Waals surface area contributed by atoms with Gasteiger partial charge in [-0.1, -0.05) is 38.8 Å². The largest absolute Gasteiger partial charge is 0.480 e. The van der Waals surface area contributed by atoms with Gasteiger partial charge in [-0.15, -0.1) is 11.3 Å². The first-order valence-corrected chi connectivity index (χ1v) is 12.1. The summed E-state index contributed by atoms with van der Waals surface area (Å²) in [5.41, 5.74) is 0.429. The number of thiol groups is 1. The van der Waals surface area contributed by atoms with E-state index in [-0.39, 0.29) is 18.2 Å². The Hall–Kier alpha value is -2.39. The Morgan fingerprint density at radius 1 is 1.22 bits per heavy atom. The van der Waals surface area contributed by atoms with Gasteiger partial charge in [0, 0.05) is 12.6 Å². The molecule has 2 aromatic rings. The third-order valence-corrected chi connectivity index (χ3v) is 7.52. The monoisotopic (exact) mass is 475 g/mol. The maximum atomic E-state index is 13.2. The van der Waals surface area contributed by atoms with Crippen LogP contribution >= 0.6 is 24.0 Å². The molecule has 9 heteroatoms. The summed E-state index contributed by atoms with van der Waals surface area (Å²) in [7, 11) is 0. The SMILES string of the molecule is CC(C)[C@H](S)C(=O)NC1(C(=O)N[C@@H](Cc2ccc(-c3cccs3)nc2)C(=O)O)CCCC1. The molecule has 1 fully saturated rings. The maximum absolute atomic E-state index is 13.2. The van der Waals surface area contributed by atoms with Gasteiger partial charge in [0.25, 0.3) is 0 Å². The lowest BCUT2D eigenvalue weighted by molar-refractivity contribution is -0.143. The van der Waals surface area contributed by atoms with Crippen LogP contribution in [0.15, 0.2) is 35.8 Å². The fourth-order valence-electron chi connectivity index (χ4n) is 3.85. The molecule has 0 bridgehead atoms. The summed E-state index contributed by atoms with van der Waals surface area (Å²) >= 11 is 5.93. The normalized spacial score (nSPS) is 17.0. The first kappa shape index (κ1) is 24.3. The summed E-state index contributed by atoms with van der Waals surface area (Å²) in [5.74, 6) is -1.88. The van der Waals surface area contributed by atoms with E-state index in [1.807, 2.05) is 43.5 Å². The van der Waals surface area contributed by atoms with Crippen molar-refractivity contribution in [1.29, 1.82) is 0 Å². The van der Waals surface area contributed by atoms with Gasteiger partial charge in [0.15, 0.2) is 0 Å². The highest BCUT2D eigenvalue weighted by Crippen LogP contribution is 2.31. The minimum atomic E-state index is -1.13. The number of carboxylic acids is 1. The van der Waals surface area contributed by atoms with E-state index in [1.165, 1.54) is 0 Å².